The topological polar surface area (TPSA) is 81.9 Å². The number of benzene rings is 1. The number of nitrogens with zero attached hydrogens (tertiary/aromatic N) is 1. The Labute approximate surface area is 154 Å². The van der Waals surface area contributed by atoms with Crippen molar-refractivity contribution in [1.82, 2.24) is 4.90 Å². The van der Waals surface area contributed by atoms with E-state index in [-0.39, 0.29) is 6.61 Å². The minimum absolute atomic E-state index is 0.164. The van der Waals surface area contributed by atoms with Crippen LogP contribution in [0.1, 0.15) is 39.2 Å². The van der Waals surface area contributed by atoms with Gasteiger partial charge in [0.05, 0.1) is 6.17 Å². The molecule has 1 amide bonds. The summed E-state index contributed by atoms with van der Waals surface area (Å²) in [5.74, 6) is -0.417. The van der Waals surface area contributed by atoms with Gasteiger partial charge in [-0.25, -0.2) is 4.79 Å². The highest BCUT2D eigenvalue weighted by Crippen LogP contribution is 2.40. The average molecular weight is 360 g/mol. The van der Waals surface area contributed by atoms with Crippen LogP contribution in [-0.2, 0) is 20.9 Å². The fourth-order valence-electron chi connectivity index (χ4n) is 3.08. The molecule has 1 aromatic carbocycles. The van der Waals surface area contributed by atoms with Crippen LogP contribution >= 0.6 is 0 Å². The van der Waals surface area contributed by atoms with E-state index in [4.69, 9.17) is 15.2 Å². The molecule has 1 heterocycles. The second kappa shape index (κ2) is 7.91. The number of esters is 1. The van der Waals surface area contributed by atoms with Crippen LogP contribution in [0, 0.1) is 5.41 Å². The first-order chi connectivity index (χ1) is 12.2. The number of carbonyl (C=O) groups is 2. The lowest BCUT2D eigenvalue weighted by Gasteiger charge is -2.33. The van der Waals surface area contributed by atoms with E-state index in [0.29, 0.717) is 19.4 Å². The second-order valence-electron chi connectivity index (χ2n) is 7.58. The van der Waals surface area contributed by atoms with Gasteiger partial charge < -0.3 is 15.2 Å². The van der Waals surface area contributed by atoms with Crippen LogP contribution in [0.4, 0.5) is 4.79 Å². The molecule has 1 aromatic rings. The average Bonchev–Trinajstić information content (AvgIpc) is 2.90. The summed E-state index contributed by atoms with van der Waals surface area (Å²) < 4.78 is 10.9. The first-order valence-corrected chi connectivity index (χ1v) is 8.77. The van der Waals surface area contributed by atoms with Gasteiger partial charge in [-0.3, -0.25) is 9.69 Å². The molecule has 0 radical (unpaired) electrons. The highest BCUT2D eigenvalue weighted by atomic mass is 16.6. The Morgan fingerprint density at radius 3 is 2.58 bits per heavy atom. The molecule has 0 spiro atoms. The fraction of sp³-hybridized carbons (Fsp3) is 0.500. The lowest BCUT2D eigenvalue weighted by Crippen LogP contribution is -2.53. The largest absolute Gasteiger partial charge is 0.460 e. The van der Waals surface area contributed by atoms with Gasteiger partial charge in [0.15, 0.2) is 0 Å². The van der Waals surface area contributed by atoms with Crippen molar-refractivity contribution < 1.29 is 19.1 Å². The predicted octanol–water partition coefficient (Wildman–Crippen LogP) is 3.22. The first kappa shape index (κ1) is 20.0. The molecular formula is C20H28N2O4. The van der Waals surface area contributed by atoms with Gasteiger partial charge in [-0.15, -0.1) is 6.58 Å². The highest BCUT2D eigenvalue weighted by molar-refractivity contribution is 5.80. The number of nitrogens with two attached hydrogens (primary N) is 1. The lowest BCUT2D eigenvalue weighted by atomic mass is 9.81. The standard InChI is InChI=1S/C20H28N2O4/c1-5-11-20(17(23)25-14-15-9-7-6-8-10-15)12-13-22(16(20)21)18(24)26-19(2,3)4/h5-10,16H,1,11-14,21H2,2-4H3. The summed E-state index contributed by atoms with van der Waals surface area (Å²) in [6.07, 6.45) is 1.04. The number of hydrogen-bond donors (Lipinski definition) is 1. The van der Waals surface area contributed by atoms with Crippen molar-refractivity contribution in [2.45, 2.75) is 52.0 Å². The van der Waals surface area contributed by atoms with E-state index in [1.54, 1.807) is 26.8 Å². The Morgan fingerprint density at radius 1 is 1.35 bits per heavy atom. The Hall–Kier alpha value is -2.34. The molecule has 1 aliphatic rings. The third-order valence-electron chi connectivity index (χ3n) is 4.46. The van der Waals surface area contributed by atoms with Gasteiger partial charge in [0.2, 0.25) is 0 Å². The number of hydrogen-bond acceptors (Lipinski definition) is 5. The monoisotopic (exact) mass is 360 g/mol. The number of amides is 1. The zero-order valence-electron chi connectivity index (χ0n) is 15.7. The minimum atomic E-state index is -1.01. The molecule has 0 bridgehead atoms. The van der Waals surface area contributed by atoms with E-state index in [0.717, 1.165) is 5.56 Å². The first-order valence-electron chi connectivity index (χ1n) is 8.77. The maximum absolute atomic E-state index is 12.9. The molecule has 142 valence electrons. The van der Waals surface area contributed by atoms with Crippen molar-refractivity contribution >= 4 is 12.1 Å². The summed E-state index contributed by atoms with van der Waals surface area (Å²) in [5.41, 5.74) is 5.57. The SMILES string of the molecule is C=CCC1(C(=O)OCc2ccccc2)CCN(C(=O)OC(C)(C)C)C1N. The molecule has 2 atom stereocenters. The Bertz CT molecular complexity index is 654. The number of rotatable bonds is 5. The molecule has 0 saturated carbocycles. The molecular weight excluding hydrogens is 332 g/mol. The van der Waals surface area contributed by atoms with Crippen LogP contribution in [0.25, 0.3) is 0 Å². The van der Waals surface area contributed by atoms with E-state index >= 15 is 0 Å². The summed E-state index contributed by atoms with van der Waals surface area (Å²) >= 11 is 0. The van der Waals surface area contributed by atoms with Crippen molar-refractivity contribution in [3.63, 3.8) is 0 Å². The van der Waals surface area contributed by atoms with E-state index < -0.39 is 29.2 Å². The van der Waals surface area contributed by atoms with Crippen molar-refractivity contribution in [2.24, 2.45) is 11.1 Å². The maximum Gasteiger partial charge on any atom is 0.411 e. The van der Waals surface area contributed by atoms with E-state index in [2.05, 4.69) is 6.58 Å². The summed E-state index contributed by atoms with van der Waals surface area (Å²) in [6, 6.07) is 9.43. The van der Waals surface area contributed by atoms with Crippen LogP contribution in [0.15, 0.2) is 43.0 Å². The van der Waals surface area contributed by atoms with Gasteiger partial charge >= 0.3 is 12.1 Å². The van der Waals surface area contributed by atoms with Gasteiger partial charge in [-0.05, 0) is 39.2 Å². The fourth-order valence-corrected chi connectivity index (χ4v) is 3.08. The van der Waals surface area contributed by atoms with Crippen LogP contribution in [0.5, 0.6) is 0 Å². The van der Waals surface area contributed by atoms with Crippen molar-refractivity contribution in [2.75, 3.05) is 6.54 Å². The number of likely N-dealkylation sites (tertiary alicyclic amines) is 1. The van der Waals surface area contributed by atoms with Crippen molar-refractivity contribution in [3.8, 4) is 0 Å². The predicted molar refractivity (Wildman–Crippen MR) is 99.0 cm³/mol. The molecule has 0 aliphatic carbocycles. The summed E-state index contributed by atoms with van der Waals surface area (Å²) in [5, 5.41) is 0. The van der Waals surface area contributed by atoms with Gasteiger partial charge in [0.25, 0.3) is 0 Å². The zero-order valence-corrected chi connectivity index (χ0v) is 15.7. The smallest absolute Gasteiger partial charge is 0.411 e. The van der Waals surface area contributed by atoms with Gasteiger partial charge in [0.1, 0.15) is 17.6 Å². The third kappa shape index (κ3) is 4.43. The van der Waals surface area contributed by atoms with Crippen LogP contribution in [0.2, 0.25) is 0 Å². The molecule has 26 heavy (non-hydrogen) atoms. The molecule has 6 heteroatoms. The Balaban J connectivity index is 2.12. The molecule has 2 unspecified atom stereocenters. The van der Waals surface area contributed by atoms with E-state index in [1.807, 2.05) is 30.3 Å². The molecule has 1 fully saturated rings. The molecule has 2 N–H and O–H groups in total. The molecule has 1 saturated heterocycles. The van der Waals surface area contributed by atoms with Gasteiger partial charge in [-0.2, -0.15) is 0 Å². The van der Waals surface area contributed by atoms with Gasteiger partial charge in [-0.1, -0.05) is 36.4 Å². The van der Waals surface area contributed by atoms with Crippen LogP contribution in [0.3, 0.4) is 0 Å². The van der Waals surface area contributed by atoms with Crippen molar-refractivity contribution in [3.05, 3.63) is 48.6 Å². The molecule has 6 nitrogen and oxygen atoms in total. The van der Waals surface area contributed by atoms with Crippen LogP contribution < -0.4 is 5.73 Å². The quantitative estimate of drug-likeness (QED) is 0.644. The lowest BCUT2D eigenvalue weighted by molar-refractivity contribution is -0.158. The van der Waals surface area contributed by atoms with Crippen LogP contribution in [-0.4, -0.2) is 35.3 Å². The number of allylic oxidation sites excluding steroid dienone is 1. The Morgan fingerprint density at radius 2 is 2.00 bits per heavy atom. The summed E-state index contributed by atoms with van der Waals surface area (Å²) in [7, 11) is 0. The molecule has 2 rings (SSSR count). The number of carbonyl (C=O) groups excluding carboxylic acids is 2. The molecule has 1 aliphatic heterocycles. The summed E-state index contributed by atoms with van der Waals surface area (Å²) in [4.78, 5) is 26.7. The van der Waals surface area contributed by atoms with E-state index in [1.165, 1.54) is 4.90 Å². The summed E-state index contributed by atoms with van der Waals surface area (Å²) in [6.45, 7) is 9.61. The van der Waals surface area contributed by atoms with E-state index in [9.17, 15) is 9.59 Å². The number of ether oxygens (including phenoxy) is 2. The molecule has 0 aromatic heterocycles. The normalized spacial score (nSPS) is 22.8. The third-order valence-corrected chi connectivity index (χ3v) is 4.46. The highest BCUT2D eigenvalue weighted by Gasteiger charge is 2.53. The van der Waals surface area contributed by atoms with Gasteiger partial charge in [0, 0.05) is 6.54 Å². The Kier molecular flexibility index (Phi) is 6.08. The zero-order chi connectivity index (χ0) is 19.4. The van der Waals surface area contributed by atoms with Crippen molar-refractivity contribution in [1.29, 1.82) is 0 Å². The minimum Gasteiger partial charge on any atom is -0.460 e. The second-order valence-corrected chi connectivity index (χ2v) is 7.58. The maximum atomic E-state index is 12.9.